The molecule has 1 aromatic heterocycles. The summed E-state index contributed by atoms with van der Waals surface area (Å²) in [5.74, 6) is -1.02. The number of hydrogen-bond acceptors (Lipinski definition) is 2. The summed E-state index contributed by atoms with van der Waals surface area (Å²) in [5, 5.41) is 2.80. The monoisotopic (exact) mass is 333 g/mol. The number of para-hydroxylation sites is 2. The highest BCUT2D eigenvalue weighted by Gasteiger charge is 2.09. The minimum absolute atomic E-state index is 0.140. The van der Waals surface area contributed by atoms with E-state index in [0.29, 0.717) is 6.54 Å². The molecule has 3 aromatic rings. The van der Waals surface area contributed by atoms with E-state index in [4.69, 9.17) is 11.6 Å². The molecule has 0 radical (unpaired) electrons. The van der Waals surface area contributed by atoms with E-state index in [-0.39, 0.29) is 22.8 Å². The lowest BCUT2D eigenvalue weighted by atomic mass is 10.2. The van der Waals surface area contributed by atoms with Crippen molar-refractivity contribution in [3.05, 3.63) is 69.4 Å². The predicted molar refractivity (Wildman–Crippen MR) is 86.3 cm³/mol. The normalized spacial score (nSPS) is 10.9. The fourth-order valence-corrected chi connectivity index (χ4v) is 2.62. The topological polar surface area (TPSA) is 66.9 Å². The molecule has 0 aliphatic carbocycles. The van der Waals surface area contributed by atoms with Gasteiger partial charge in [-0.3, -0.25) is 9.36 Å². The van der Waals surface area contributed by atoms with Crippen LogP contribution in [0.1, 0.15) is 10.4 Å². The van der Waals surface area contributed by atoms with Gasteiger partial charge in [-0.05, 0) is 30.3 Å². The minimum atomic E-state index is -0.574. The number of hydrogen-bond donors (Lipinski definition) is 2. The zero-order valence-corrected chi connectivity index (χ0v) is 12.7. The van der Waals surface area contributed by atoms with Crippen molar-refractivity contribution in [1.29, 1.82) is 0 Å². The second kappa shape index (κ2) is 6.26. The first-order valence-corrected chi connectivity index (χ1v) is 7.34. The molecule has 2 N–H and O–H groups in total. The molecule has 0 saturated heterocycles. The molecular weight excluding hydrogens is 321 g/mol. The van der Waals surface area contributed by atoms with Gasteiger partial charge in [0.1, 0.15) is 5.82 Å². The lowest BCUT2D eigenvalue weighted by Crippen LogP contribution is -2.30. The number of halogens is 2. The van der Waals surface area contributed by atoms with Gasteiger partial charge < -0.3 is 10.3 Å². The van der Waals surface area contributed by atoms with Gasteiger partial charge in [-0.25, -0.2) is 9.18 Å². The third kappa shape index (κ3) is 3.27. The highest BCUT2D eigenvalue weighted by Crippen LogP contribution is 2.14. The molecule has 3 rings (SSSR count). The molecule has 5 nitrogen and oxygen atoms in total. The summed E-state index contributed by atoms with van der Waals surface area (Å²) >= 11 is 5.73. The number of fused-ring (bicyclic) bond motifs is 1. The van der Waals surface area contributed by atoms with E-state index in [1.165, 1.54) is 10.6 Å². The molecule has 2 aromatic carbocycles. The van der Waals surface area contributed by atoms with Gasteiger partial charge in [-0.1, -0.05) is 23.7 Å². The summed E-state index contributed by atoms with van der Waals surface area (Å²) in [6.45, 7) is 0.534. The van der Waals surface area contributed by atoms with Crippen molar-refractivity contribution in [2.45, 2.75) is 6.54 Å². The number of amides is 1. The number of nitrogens with zero attached hydrogens (tertiary/aromatic N) is 1. The molecule has 0 fully saturated rings. The van der Waals surface area contributed by atoms with Gasteiger partial charge in [-0.2, -0.15) is 0 Å². The third-order valence-electron chi connectivity index (χ3n) is 3.43. The van der Waals surface area contributed by atoms with Crippen LogP contribution in [-0.4, -0.2) is 22.0 Å². The Kier molecular flexibility index (Phi) is 4.16. The van der Waals surface area contributed by atoms with E-state index in [9.17, 15) is 14.0 Å². The maximum Gasteiger partial charge on any atom is 0.326 e. The number of aromatic amines is 1. The van der Waals surface area contributed by atoms with Gasteiger partial charge in [0.25, 0.3) is 5.91 Å². The zero-order valence-electron chi connectivity index (χ0n) is 12.0. The number of carbonyl (C=O) groups is 1. The Hall–Kier alpha value is -2.60. The number of imidazole rings is 1. The maximum atomic E-state index is 13.2. The van der Waals surface area contributed by atoms with Crippen molar-refractivity contribution in [3.8, 4) is 0 Å². The Bertz CT molecular complexity index is 912. The molecule has 0 aliphatic heterocycles. The average molecular weight is 334 g/mol. The summed E-state index contributed by atoms with van der Waals surface area (Å²) in [7, 11) is 0. The van der Waals surface area contributed by atoms with Gasteiger partial charge in [0.2, 0.25) is 0 Å². The lowest BCUT2D eigenvalue weighted by molar-refractivity contribution is 0.0952. The smallest absolute Gasteiger partial charge is 0.326 e. The van der Waals surface area contributed by atoms with E-state index in [1.54, 1.807) is 6.07 Å². The van der Waals surface area contributed by atoms with Crippen molar-refractivity contribution >= 4 is 28.5 Å². The summed E-state index contributed by atoms with van der Waals surface area (Å²) in [4.78, 5) is 26.6. The Morgan fingerprint density at radius 2 is 2.04 bits per heavy atom. The highest BCUT2D eigenvalue weighted by atomic mass is 35.5. The van der Waals surface area contributed by atoms with Crippen molar-refractivity contribution in [2.24, 2.45) is 0 Å². The van der Waals surface area contributed by atoms with Crippen LogP contribution in [0, 0.1) is 5.82 Å². The second-order valence-electron chi connectivity index (χ2n) is 5.01. The highest BCUT2D eigenvalue weighted by molar-refractivity contribution is 6.31. The number of carbonyl (C=O) groups excluding carboxylic acids is 1. The number of rotatable bonds is 4. The van der Waals surface area contributed by atoms with Crippen LogP contribution in [0.4, 0.5) is 4.39 Å². The molecule has 1 amide bonds. The molecule has 1 heterocycles. The van der Waals surface area contributed by atoms with Crippen molar-refractivity contribution in [1.82, 2.24) is 14.9 Å². The molecule has 0 spiro atoms. The lowest BCUT2D eigenvalue weighted by Gasteiger charge is -2.07. The number of nitrogens with one attached hydrogen (secondary N) is 2. The predicted octanol–water partition coefficient (Wildman–Crippen LogP) is 2.55. The first kappa shape index (κ1) is 15.3. The van der Waals surface area contributed by atoms with Crippen LogP contribution in [0.2, 0.25) is 5.02 Å². The van der Waals surface area contributed by atoms with Crippen LogP contribution in [0.5, 0.6) is 0 Å². The van der Waals surface area contributed by atoms with Crippen LogP contribution in [0.25, 0.3) is 11.0 Å². The molecule has 0 aliphatic rings. The molecule has 7 heteroatoms. The maximum absolute atomic E-state index is 13.2. The van der Waals surface area contributed by atoms with Gasteiger partial charge in [0.05, 0.1) is 11.0 Å². The largest absolute Gasteiger partial charge is 0.350 e. The van der Waals surface area contributed by atoms with E-state index in [2.05, 4.69) is 10.3 Å². The van der Waals surface area contributed by atoms with Gasteiger partial charge in [-0.15, -0.1) is 0 Å². The molecule has 0 atom stereocenters. The molecule has 23 heavy (non-hydrogen) atoms. The van der Waals surface area contributed by atoms with E-state index in [1.807, 2.05) is 18.2 Å². The first-order chi connectivity index (χ1) is 11.0. The zero-order chi connectivity index (χ0) is 16.4. The number of benzene rings is 2. The van der Waals surface area contributed by atoms with Crippen molar-refractivity contribution < 1.29 is 9.18 Å². The SMILES string of the molecule is O=C(NCCn1c(=O)[nH]c2ccccc21)c1cc(F)cc(Cl)c1. The average Bonchev–Trinajstić information content (AvgIpc) is 2.82. The molecule has 0 bridgehead atoms. The molecule has 0 saturated carbocycles. The summed E-state index contributed by atoms with van der Waals surface area (Å²) in [6, 6.07) is 10.9. The Morgan fingerprint density at radius 1 is 1.26 bits per heavy atom. The van der Waals surface area contributed by atoms with Crippen LogP contribution in [0.3, 0.4) is 0 Å². The van der Waals surface area contributed by atoms with Crippen molar-refractivity contribution in [3.63, 3.8) is 0 Å². The molecule has 118 valence electrons. The van der Waals surface area contributed by atoms with Gasteiger partial charge >= 0.3 is 5.69 Å². The van der Waals surface area contributed by atoms with Gasteiger partial charge in [0.15, 0.2) is 0 Å². The fourth-order valence-electron chi connectivity index (χ4n) is 2.40. The summed E-state index contributed by atoms with van der Waals surface area (Å²) in [6.07, 6.45) is 0. The molecular formula is C16H13ClFN3O2. The Morgan fingerprint density at radius 3 is 2.83 bits per heavy atom. The van der Waals surface area contributed by atoms with Gasteiger partial charge in [0, 0.05) is 23.7 Å². The molecule has 0 unspecified atom stereocenters. The van der Waals surface area contributed by atoms with Crippen LogP contribution >= 0.6 is 11.6 Å². The summed E-state index contributed by atoms with van der Waals surface area (Å²) in [5.41, 5.74) is 1.40. The quantitative estimate of drug-likeness (QED) is 0.770. The Balaban J connectivity index is 1.70. The van der Waals surface area contributed by atoms with Crippen molar-refractivity contribution in [2.75, 3.05) is 6.54 Å². The minimum Gasteiger partial charge on any atom is -0.350 e. The van der Waals surface area contributed by atoms with Crippen LogP contribution in [0.15, 0.2) is 47.3 Å². The standard InChI is InChI=1S/C16H13ClFN3O2/c17-11-7-10(8-12(18)9-11)15(22)19-5-6-21-14-4-2-1-3-13(14)20-16(21)23/h1-4,7-9H,5-6H2,(H,19,22)(H,20,23). The number of aromatic nitrogens is 2. The first-order valence-electron chi connectivity index (χ1n) is 6.96. The third-order valence-corrected chi connectivity index (χ3v) is 3.65. The summed E-state index contributed by atoms with van der Waals surface area (Å²) < 4.78 is 14.8. The van der Waals surface area contributed by atoms with Crippen LogP contribution < -0.4 is 11.0 Å². The van der Waals surface area contributed by atoms with E-state index in [0.717, 1.165) is 23.2 Å². The second-order valence-corrected chi connectivity index (χ2v) is 5.45. The van der Waals surface area contributed by atoms with Crippen LogP contribution in [-0.2, 0) is 6.54 Å². The van der Waals surface area contributed by atoms with E-state index >= 15 is 0 Å². The fraction of sp³-hybridized carbons (Fsp3) is 0.125. The number of H-pyrrole nitrogens is 1. The Labute approximate surface area is 135 Å². The van der Waals surface area contributed by atoms with E-state index < -0.39 is 11.7 Å².